The van der Waals surface area contributed by atoms with Crippen LogP contribution in [0.5, 0.6) is 28.7 Å². The molecular weight excluding hydrogens is 384 g/mol. The van der Waals surface area contributed by atoms with Crippen molar-refractivity contribution in [2.45, 2.75) is 0 Å². The molecule has 0 atom stereocenters. The minimum atomic E-state index is -5.37. The second-order valence-electron chi connectivity index (χ2n) is 5.31. The van der Waals surface area contributed by atoms with E-state index in [2.05, 4.69) is 4.18 Å². The Morgan fingerprint density at radius 3 is 2.41 bits per heavy atom. The summed E-state index contributed by atoms with van der Waals surface area (Å²) >= 11 is 0. The van der Waals surface area contributed by atoms with E-state index in [1.807, 2.05) is 0 Å². The summed E-state index contributed by atoms with van der Waals surface area (Å²) in [4.78, 5) is 12.6. The third kappa shape index (κ3) is 3.45. The summed E-state index contributed by atoms with van der Waals surface area (Å²) in [5.74, 6) is -2.91. The number of hydrogen-bond donors (Lipinski definition) is 3. The maximum Gasteiger partial charge on any atom is 0.262 e. The van der Waals surface area contributed by atoms with Crippen LogP contribution in [0.15, 0.2) is 39.5 Å². The molecule has 2 aromatic carbocycles. The highest BCUT2D eigenvalue weighted by molar-refractivity contribution is 7.81. The van der Waals surface area contributed by atoms with Crippen LogP contribution in [-0.2, 0) is 10.4 Å². The van der Waals surface area contributed by atoms with Gasteiger partial charge < -0.3 is 33.2 Å². The van der Waals surface area contributed by atoms with Gasteiger partial charge in [0.2, 0.25) is 11.2 Å². The number of phenols is 3. The summed E-state index contributed by atoms with van der Waals surface area (Å²) in [5, 5.41) is 28.6. The van der Waals surface area contributed by atoms with E-state index in [0.29, 0.717) is 0 Å². The first-order valence-corrected chi connectivity index (χ1v) is 8.49. The van der Waals surface area contributed by atoms with E-state index in [0.717, 1.165) is 12.1 Å². The van der Waals surface area contributed by atoms with Crippen LogP contribution < -0.4 is 14.3 Å². The molecule has 0 spiro atoms. The van der Waals surface area contributed by atoms with Gasteiger partial charge in [-0.2, -0.15) is 0 Å². The number of aromatic hydroxyl groups is 3. The molecule has 0 aliphatic heterocycles. The monoisotopic (exact) mass is 395 g/mol. The Balaban J connectivity index is 2.43. The number of hydrogen-bond acceptors (Lipinski definition) is 10. The van der Waals surface area contributed by atoms with Gasteiger partial charge in [0.25, 0.3) is 10.4 Å². The van der Waals surface area contributed by atoms with Gasteiger partial charge in [0, 0.05) is 17.7 Å². The van der Waals surface area contributed by atoms with Crippen molar-refractivity contribution in [1.82, 2.24) is 0 Å². The van der Waals surface area contributed by atoms with Crippen molar-refractivity contribution in [2.24, 2.45) is 0 Å². The lowest BCUT2D eigenvalue weighted by Crippen LogP contribution is -2.16. The van der Waals surface area contributed by atoms with Crippen LogP contribution in [0.1, 0.15) is 0 Å². The molecule has 10 nitrogen and oxygen atoms in total. The summed E-state index contributed by atoms with van der Waals surface area (Å²) in [5.41, 5.74) is -1.43. The smallest absolute Gasteiger partial charge is 0.262 e. The predicted octanol–water partition coefficient (Wildman–Crippen LogP) is 1.42. The van der Waals surface area contributed by atoms with Gasteiger partial charge in [0.1, 0.15) is 22.5 Å². The number of phenolic OH excluding ortho intramolecular Hbond substituents is 3. The first-order chi connectivity index (χ1) is 12.6. The van der Waals surface area contributed by atoms with E-state index in [9.17, 15) is 33.1 Å². The lowest BCUT2D eigenvalue weighted by atomic mass is 10.1. The summed E-state index contributed by atoms with van der Waals surface area (Å²) < 4.78 is 47.8. The predicted molar refractivity (Wildman–Crippen MR) is 89.8 cm³/mol. The summed E-state index contributed by atoms with van der Waals surface area (Å²) in [6.07, 6.45) is 0. The standard InChI is InChI=1S/C16H12O10S/c1-24-11-4-7(2-3-9(11)18)15-16(26-27(21,22)23)14(20)13-10(19)5-8(17)6-12(13)25-15/h2-6,17-19H,1H3,(H,21,22,23)/p-1. The van der Waals surface area contributed by atoms with Gasteiger partial charge in [-0.15, -0.1) is 0 Å². The third-order valence-corrected chi connectivity index (χ3v) is 3.92. The van der Waals surface area contributed by atoms with E-state index in [-0.39, 0.29) is 22.6 Å². The zero-order valence-corrected chi connectivity index (χ0v) is 14.3. The van der Waals surface area contributed by atoms with Gasteiger partial charge in [-0.05, 0) is 18.2 Å². The zero-order chi connectivity index (χ0) is 19.9. The highest BCUT2D eigenvalue weighted by Crippen LogP contribution is 2.38. The van der Waals surface area contributed by atoms with Crippen molar-refractivity contribution in [2.75, 3.05) is 7.11 Å². The Hall–Kier alpha value is -3.44. The molecule has 3 aromatic rings. The molecule has 0 aliphatic rings. The van der Waals surface area contributed by atoms with E-state index in [1.54, 1.807) is 0 Å². The topological polar surface area (TPSA) is 167 Å². The number of methoxy groups -OCH3 is 1. The second kappa shape index (κ2) is 6.37. The number of ether oxygens (including phenoxy) is 1. The maximum absolute atomic E-state index is 12.6. The summed E-state index contributed by atoms with van der Waals surface area (Å²) in [7, 11) is -4.11. The van der Waals surface area contributed by atoms with Gasteiger partial charge in [0.05, 0.1) is 7.11 Å². The van der Waals surface area contributed by atoms with Crippen molar-refractivity contribution >= 4 is 21.4 Å². The molecule has 0 aliphatic carbocycles. The SMILES string of the molecule is COc1cc(-c2oc3cc(O)cc(O)c3c(=O)c2OS(=O)(=O)[O-])ccc1O. The summed E-state index contributed by atoms with van der Waals surface area (Å²) in [6, 6.07) is 5.46. The number of benzene rings is 2. The van der Waals surface area contributed by atoms with Crippen LogP contribution in [0.3, 0.4) is 0 Å². The molecule has 0 saturated carbocycles. The van der Waals surface area contributed by atoms with Crippen LogP contribution in [0.4, 0.5) is 0 Å². The molecule has 0 unspecified atom stereocenters. The molecule has 1 heterocycles. The molecule has 0 radical (unpaired) electrons. The highest BCUT2D eigenvalue weighted by atomic mass is 32.3. The van der Waals surface area contributed by atoms with Gasteiger partial charge in [-0.25, -0.2) is 8.42 Å². The molecule has 1 aromatic heterocycles. The molecule has 0 amide bonds. The Morgan fingerprint density at radius 1 is 1.07 bits per heavy atom. The molecular formula is C16H11O10S-. The number of rotatable bonds is 4. The Kier molecular flexibility index (Phi) is 4.33. The van der Waals surface area contributed by atoms with Crippen LogP contribution in [0.2, 0.25) is 0 Å². The van der Waals surface area contributed by atoms with Gasteiger partial charge in [0.15, 0.2) is 17.3 Å². The fourth-order valence-electron chi connectivity index (χ4n) is 2.45. The van der Waals surface area contributed by atoms with E-state index in [1.165, 1.54) is 25.3 Å². The van der Waals surface area contributed by atoms with Crippen molar-refractivity contribution in [3.63, 3.8) is 0 Å². The van der Waals surface area contributed by atoms with Crippen molar-refractivity contribution in [3.05, 3.63) is 40.6 Å². The first-order valence-electron chi connectivity index (χ1n) is 7.16. The fourth-order valence-corrected chi connectivity index (χ4v) is 2.81. The molecule has 11 heteroatoms. The Bertz CT molecular complexity index is 1210. The molecule has 3 N–H and O–H groups in total. The molecule has 142 valence electrons. The molecule has 0 bridgehead atoms. The third-order valence-electron chi connectivity index (χ3n) is 3.54. The van der Waals surface area contributed by atoms with E-state index >= 15 is 0 Å². The van der Waals surface area contributed by atoms with Crippen LogP contribution in [0.25, 0.3) is 22.3 Å². The first kappa shape index (κ1) is 18.4. The van der Waals surface area contributed by atoms with Crippen LogP contribution in [-0.4, -0.2) is 35.4 Å². The molecule has 0 fully saturated rings. The minimum absolute atomic E-state index is 0.0186. The van der Waals surface area contributed by atoms with Crippen molar-refractivity contribution in [3.8, 4) is 40.1 Å². The van der Waals surface area contributed by atoms with Gasteiger partial charge >= 0.3 is 0 Å². The van der Waals surface area contributed by atoms with Crippen LogP contribution >= 0.6 is 0 Å². The molecule has 0 saturated heterocycles. The average molecular weight is 395 g/mol. The molecule has 3 rings (SSSR count). The second-order valence-corrected chi connectivity index (χ2v) is 6.29. The van der Waals surface area contributed by atoms with Gasteiger partial charge in [-0.3, -0.25) is 4.79 Å². The average Bonchev–Trinajstić information content (AvgIpc) is 2.56. The Labute approximate surface area is 151 Å². The van der Waals surface area contributed by atoms with E-state index < -0.39 is 44.2 Å². The van der Waals surface area contributed by atoms with Crippen molar-refractivity contribution < 1.29 is 41.6 Å². The number of fused-ring (bicyclic) bond motifs is 1. The maximum atomic E-state index is 12.6. The van der Waals surface area contributed by atoms with Crippen LogP contribution in [0, 0.1) is 0 Å². The van der Waals surface area contributed by atoms with Crippen molar-refractivity contribution in [1.29, 1.82) is 0 Å². The van der Waals surface area contributed by atoms with E-state index in [4.69, 9.17) is 9.15 Å². The quantitative estimate of drug-likeness (QED) is 0.434. The molecule has 27 heavy (non-hydrogen) atoms. The fraction of sp³-hybridized carbons (Fsp3) is 0.0625. The zero-order valence-electron chi connectivity index (χ0n) is 13.5. The minimum Gasteiger partial charge on any atom is -0.716 e. The van der Waals surface area contributed by atoms with Gasteiger partial charge in [-0.1, -0.05) is 0 Å². The lowest BCUT2D eigenvalue weighted by molar-refractivity contribution is 0.366. The summed E-state index contributed by atoms with van der Waals surface area (Å²) in [6.45, 7) is 0. The lowest BCUT2D eigenvalue weighted by Gasteiger charge is -2.14. The largest absolute Gasteiger partial charge is 0.716 e. The normalized spacial score (nSPS) is 11.5. The highest BCUT2D eigenvalue weighted by Gasteiger charge is 2.23. The Morgan fingerprint density at radius 2 is 1.78 bits per heavy atom.